The van der Waals surface area contributed by atoms with Crippen LogP contribution in [0.25, 0.3) is 0 Å². The Morgan fingerprint density at radius 2 is 0.632 bits per heavy atom. The molecule has 3 N–H and O–H groups in total. The Balaban J connectivity index is -0.0000000865. The summed E-state index contributed by atoms with van der Waals surface area (Å²) in [5, 5.41) is 0. The van der Waals surface area contributed by atoms with E-state index >= 15 is 0 Å². The largest absolute Gasteiger partial charge is 1.00 e. The molecular weight excluding hydrogens is 550 g/mol. The molecule has 0 aliphatic heterocycles. The van der Waals surface area contributed by atoms with Crippen LogP contribution in [0.2, 0.25) is 0 Å². The summed E-state index contributed by atoms with van der Waals surface area (Å²) < 4.78 is 64.6. The van der Waals surface area contributed by atoms with Gasteiger partial charge in [-0.1, -0.05) is 156 Å². The summed E-state index contributed by atoms with van der Waals surface area (Å²) in [6.07, 6.45) is 29.3. The van der Waals surface area contributed by atoms with E-state index in [0.29, 0.717) is 6.42 Å². The Labute approximate surface area is 283 Å². The Hall–Kier alpha value is 1.74. The standard InChI is InChI=1S/C14H30.C12H26O4S.2Na.H2O4S.2H/c1-3-5-7-9-11-13-14-12-10-8-6-4-2;1-2-3-4-5-6-7-8-9-10-11-12-16-17(13,14)15;;;1-5(2,3)4;;/h3-14H2,1-2H3;2-12H2,1H3,(H,13,14,15);;;(H2,1,2,3,4);;/q;;2*+1;;2*-1. The van der Waals surface area contributed by atoms with Crippen LogP contribution in [0, 0.1) is 0 Å². The van der Waals surface area contributed by atoms with Crippen molar-refractivity contribution >= 4 is 20.8 Å². The van der Waals surface area contributed by atoms with E-state index in [9.17, 15) is 8.42 Å². The van der Waals surface area contributed by atoms with Gasteiger partial charge >= 0.3 is 79.9 Å². The van der Waals surface area contributed by atoms with Crippen molar-refractivity contribution in [3.8, 4) is 0 Å². The maximum Gasteiger partial charge on any atom is 1.00 e. The summed E-state index contributed by atoms with van der Waals surface area (Å²) in [6, 6.07) is 0. The molecule has 0 saturated carbocycles. The van der Waals surface area contributed by atoms with Gasteiger partial charge in [0.15, 0.2) is 0 Å². The third-order valence-corrected chi connectivity index (χ3v) is 6.15. The van der Waals surface area contributed by atoms with Crippen molar-refractivity contribution in [2.45, 2.75) is 162 Å². The predicted molar refractivity (Wildman–Crippen MR) is 152 cm³/mol. The van der Waals surface area contributed by atoms with Gasteiger partial charge < -0.3 is 2.85 Å². The second kappa shape index (κ2) is 38.7. The van der Waals surface area contributed by atoms with Crippen LogP contribution in [-0.2, 0) is 25.0 Å². The van der Waals surface area contributed by atoms with Crippen LogP contribution in [0.4, 0.5) is 0 Å². The van der Waals surface area contributed by atoms with E-state index in [2.05, 4.69) is 25.0 Å². The van der Waals surface area contributed by atoms with Crippen molar-refractivity contribution in [3.63, 3.8) is 0 Å². The molecule has 0 unspecified atom stereocenters. The van der Waals surface area contributed by atoms with Crippen LogP contribution < -0.4 is 59.1 Å². The van der Waals surface area contributed by atoms with Crippen molar-refractivity contribution in [1.82, 2.24) is 0 Å². The number of hydrogen-bond acceptors (Lipinski definition) is 5. The number of hydrogen-bond donors (Lipinski definition) is 3. The van der Waals surface area contributed by atoms with Gasteiger partial charge in [0.2, 0.25) is 0 Å². The molecule has 0 spiro atoms. The van der Waals surface area contributed by atoms with Crippen molar-refractivity contribution in [1.29, 1.82) is 0 Å². The third-order valence-electron chi connectivity index (χ3n) is 5.69. The third kappa shape index (κ3) is 71.2. The van der Waals surface area contributed by atoms with Gasteiger partial charge in [0.25, 0.3) is 0 Å². The predicted octanol–water partition coefficient (Wildman–Crippen LogP) is 3.01. The maximum absolute atomic E-state index is 10.2. The van der Waals surface area contributed by atoms with E-state index in [1.54, 1.807) is 0 Å². The van der Waals surface area contributed by atoms with Crippen molar-refractivity contribution in [2.24, 2.45) is 0 Å². The summed E-state index contributed by atoms with van der Waals surface area (Å²) in [5.74, 6) is 0. The molecule has 0 aromatic rings. The molecule has 0 heterocycles. The Bertz CT molecular complexity index is 610. The first kappa shape index (κ1) is 49.4. The molecule has 0 rings (SSSR count). The van der Waals surface area contributed by atoms with Crippen molar-refractivity contribution in [3.05, 3.63) is 0 Å². The Kier molecular flexibility index (Phi) is 50.4. The average molecular weight is 611 g/mol. The van der Waals surface area contributed by atoms with Crippen LogP contribution in [0.3, 0.4) is 0 Å². The zero-order chi connectivity index (χ0) is 28.0. The van der Waals surface area contributed by atoms with Gasteiger partial charge in [0.1, 0.15) is 0 Å². The Morgan fingerprint density at radius 3 is 0.816 bits per heavy atom. The molecular formula is C26H60Na2O8S2. The summed E-state index contributed by atoms with van der Waals surface area (Å²) >= 11 is 0. The number of unbranched alkanes of at least 4 members (excludes halogenated alkanes) is 20. The molecule has 8 nitrogen and oxygen atoms in total. The first-order chi connectivity index (χ1) is 17.0. The maximum atomic E-state index is 10.2. The van der Waals surface area contributed by atoms with E-state index in [-0.39, 0.29) is 68.6 Å². The number of rotatable bonds is 23. The molecule has 0 aliphatic rings. The Morgan fingerprint density at radius 1 is 0.447 bits per heavy atom. The van der Waals surface area contributed by atoms with E-state index in [1.807, 2.05) is 0 Å². The molecule has 0 saturated heterocycles. The summed E-state index contributed by atoms with van der Waals surface area (Å²) in [7, 11) is -8.90. The average Bonchev–Trinajstić information content (AvgIpc) is 2.77. The van der Waals surface area contributed by atoms with Crippen LogP contribution in [0.1, 0.15) is 165 Å². The normalized spacial score (nSPS) is 10.8. The zero-order valence-corrected chi connectivity index (χ0v) is 31.1. The molecule has 0 bridgehead atoms. The fraction of sp³-hybridized carbons (Fsp3) is 1.00. The minimum absolute atomic E-state index is 0. The van der Waals surface area contributed by atoms with E-state index in [4.69, 9.17) is 22.1 Å². The molecule has 0 aromatic heterocycles. The summed E-state index contributed by atoms with van der Waals surface area (Å²) in [5.41, 5.74) is 0. The first-order valence-electron chi connectivity index (χ1n) is 14.3. The summed E-state index contributed by atoms with van der Waals surface area (Å²) in [6.45, 7) is 6.88. The molecule has 0 radical (unpaired) electrons. The topological polar surface area (TPSA) is 138 Å². The van der Waals surface area contributed by atoms with Gasteiger partial charge in [-0.15, -0.1) is 0 Å². The van der Waals surface area contributed by atoms with Gasteiger partial charge in [-0.05, 0) is 6.42 Å². The smallest absolute Gasteiger partial charge is 1.00 e. The molecule has 0 fully saturated rings. The van der Waals surface area contributed by atoms with Gasteiger partial charge in [-0.2, -0.15) is 16.8 Å². The second-order valence-electron chi connectivity index (χ2n) is 9.42. The van der Waals surface area contributed by atoms with Gasteiger partial charge in [0, 0.05) is 0 Å². The SMILES string of the molecule is CCCCCCCCCCCCCC.CCCCCCCCCCCCOS(=O)(=O)O.O=S(=O)(O)O.[H-].[H-].[Na+].[Na+]. The van der Waals surface area contributed by atoms with Gasteiger partial charge in [-0.25, -0.2) is 4.18 Å². The van der Waals surface area contributed by atoms with E-state index in [1.165, 1.54) is 122 Å². The molecule has 0 aliphatic carbocycles. The van der Waals surface area contributed by atoms with Crippen molar-refractivity contribution < 1.29 is 96.6 Å². The van der Waals surface area contributed by atoms with Crippen molar-refractivity contribution in [2.75, 3.05) is 6.61 Å². The fourth-order valence-electron chi connectivity index (χ4n) is 3.67. The van der Waals surface area contributed by atoms with Crippen LogP contribution in [-0.4, -0.2) is 37.1 Å². The second-order valence-corrected chi connectivity index (χ2v) is 11.4. The molecule has 0 aromatic carbocycles. The van der Waals surface area contributed by atoms with Gasteiger partial charge in [-0.3, -0.25) is 13.7 Å². The molecule has 12 heteroatoms. The van der Waals surface area contributed by atoms with E-state index < -0.39 is 20.8 Å². The van der Waals surface area contributed by atoms with Crippen LogP contribution >= 0.6 is 0 Å². The minimum Gasteiger partial charge on any atom is -1.00 e. The van der Waals surface area contributed by atoms with Crippen LogP contribution in [0.15, 0.2) is 0 Å². The van der Waals surface area contributed by atoms with Gasteiger partial charge in [0.05, 0.1) is 6.61 Å². The quantitative estimate of drug-likeness (QED) is 0.0912. The molecule has 226 valence electrons. The first-order valence-corrected chi connectivity index (χ1v) is 17.1. The molecule has 38 heavy (non-hydrogen) atoms. The molecule has 0 atom stereocenters. The monoisotopic (exact) mass is 610 g/mol. The fourth-order valence-corrected chi connectivity index (χ4v) is 4.00. The minimum atomic E-state index is -4.67. The van der Waals surface area contributed by atoms with Crippen LogP contribution in [0.5, 0.6) is 0 Å². The molecule has 0 amide bonds. The van der Waals surface area contributed by atoms with E-state index in [0.717, 1.165) is 12.8 Å². The summed E-state index contributed by atoms with van der Waals surface area (Å²) in [4.78, 5) is 0. The zero-order valence-electron chi connectivity index (χ0n) is 27.5.